The second-order valence-electron chi connectivity index (χ2n) is 9.88. The maximum Gasteiger partial charge on any atom is 0.244 e. The van der Waals surface area contributed by atoms with E-state index < -0.39 is 28.5 Å². The molecule has 0 radical (unpaired) electrons. The van der Waals surface area contributed by atoms with Crippen molar-refractivity contribution in [2.45, 2.75) is 52.2 Å². The van der Waals surface area contributed by atoms with Crippen LogP contribution in [0.1, 0.15) is 37.0 Å². The Morgan fingerprint density at radius 1 is 1.00 bits per heavy atom. The zero-order valence-electron chi connectivity index (χ0n) is 23.1. The number of sulfonamides is 1. The van der Waals surface area contributed by atoms with Gasteiger partial charge >= 0.3 is 0 Å². The lowest BCUT2D eigenvalue weighted by Crippen LogP contribution is -2.54. The molecule has 2 atom stereocenters. The molecule has 2 amide bonds. The highest BCUT2D eigenvalue weighted by atomic mass is 79.9. The second kappa shape index (κ2) is 14.1. The van der Waals surface area contributed by atoms with Crippen LogP contribution in [-0.4, -0.2) is 50.0 Å². The molecular weight excluding hydrogens is 614 g/mol. The summed E-state index contributed by atoms with van der Waals surface area (Å²) in [5.74, 6) is -0.809. The van der Waals surface area contributed by atoms with Gasteiger partial charge in [0.05, 0.1) is 11.9 Å². The van der Waals surface area contributed by atoms with E-state index in [1.807, 2.05) is 68.4 Å². The fourth-order valence-electron chi connectivity index (χ4n) is 4.27. The maximum atomic E-state index is 14.1. The minimum Gasteiger partial charge on any atom is -0.352 e. The number of nitrogens with zero attached hydrogens (tertiary/aromatic N) is 2. The highest BCUT2D eigenvalue weighted by Crippen LogP contribution is 2.27. The number of carbonyl (C=O) groups excluding carboxylic acids is 2. The van der Waals surface area contributed by atoms with E-state index in [-0.39, 0.29) is 24.9 Å². The predicted molar refractivity (Wildman–Crippen MR) is 165 cm³/mol. The summed E-state index contributed by atoms with van der Waals surface area (Å²) in [4.78, 5) is 29.3. The minimum absolute atomic E-state index is 0.102. The number of benzene rings is 3. The Kier molecular flexibility index (Phi) is 11.2. The van der Waals surface area contributed by atoms with Crippen molar-refractivity contribution in [2.75, 3.05) is 17.1 Å². The van der Waals surface area contributed by atoms with Crippen LogP contribution in [0.25, 0.3) is 0 Å². The predicted octanol–water partition coefficient (Wildman–Crippen LogP) is 5.73. The van der Waals surface area contributed by atoms with Crippen molar-refractivity contribution < 1.29 is 18.0 Å². The fourth-order valence-corrected chi connectivity index (χ4v) is 5.79. The van der Waals surface area contributed by atoms with E-state index in [1.54, 1.807) is 19.1 Å². The minimum atomic E-state index is -3.87. The lowest BCUT2D eigenvalue weighted by Gasteiger charge is -2.34. The standard InChI is InChI=1S/C30H35BrClN3O4S/c1-5-22(3)33-30(37)28(17-23-10-7-6-8-11-23)34(19-24-12-9-13-25(31)16-24)29(36)20-35(40(4,38)39)27-18-26(32)15-14-21(27)2/h6-16,18,22,28H,5,17,19-20H2,1-4H3,(H,33,37)/t22-,28+/m0/s1. The van der Waals surface area contributed by atoms with Crippen LogP contribution in [-0.2, 0) is 32.6 Å². The van der Waals surface area contributed by atoms with Gasteiger partial charge < -0.3 is 10.2 Å². The number of nitrogens with one attached hydrogen (secondary N) is 1. The highest BCUT2D eigenvalue weighted by molar-refractivity contribution is 9.10. The van der Waals surface area contributed by atoms with Crippen molar-refractivity contribution in [3.63, 3.8) is 0 Å². The smallest absolute Gasteiger partial charge is 0.244 e. The molecule has 0 aliphatic heterocycles. The molecule has 0 aliphatic rings. The van der Waals surface area contributed by atoms with Gasteiger partial charge in [0.25, 0.3) is 0 Å². The van der Waals surface area contributed by atoms with Crippen LogP contribution in [0, 0.1) is 6.92 Å². The average Bonchev–Trinajstić information content (AvgIpc) is 2.90. The summed E-state index contributed by atoms with van der Waals surface area (Å²) in [5, 5.41) is 3.37. The van der Waals surface area contributed by atoms with Crippen molar-refractivity contribution in [1.29, 1.82) is 0 Å². The third kappa shape index (κ3) is 8.81. The molecule has 7 nitrogen and oxygen atoms in total. The Labute approximate surface area is 250 Å². The highest BCUT2D eigenvalue weighted by Gasteiger charge is 2.33. The molecule has 3 rings (SSSR count). The van der Waals surface area contributed by atoms with Crippen LogP contribution in [0.4, 0.5) is 5.69 Å². The summed E-state index contributed by atoms with van der Waals surface area (Å²) >= 11 is 9.68. The van der Waals surface area contributed by atoms with Gasteiger partial charge in [-0.15, -0.1) is 0 Å². The molecule has 0 saturated carbocycles. The van der Waals surface area contributed by atoms with E-state index >= 15 is 0 Å². The van der Waals surface area contributed by atoms with Crippen LogP contribution >= 0.6 is 27.5 Å². The topological polar surface area (TPSA) is 86.8 Å². The van der Waals surface area contributed by atoms with E-state index in [0.29, 0.717) is 16.3 Å². The van der Waals surface area contributed by atoms with E-state index in [1.165, 1.54) is 11.0 Å². The number of amides is 2. The zero-order chi connectivity index (χ0) is 29.4. The first-order chi connectivity index (χ1) is 18.9. The molecule has 0 saturated heterocycles. The molecular formula is C30H35BrClN3O4S. The van der Waals surface area contributed by atoms with Crippen LogP contribution in [0.5, 0.6) is 0 Å². The summed E-state index contributed by atoms with van der Waals surface area (Å²) < 4.78 is 27.8. The van der Waals surface area contributed by atoms with Crippen LogP contribution in [0.2, 0.25) is 5.02 Å². The van der Waals surface area contributed by atoms with Crippen LogP contribution in [0.3, 0.4) is 0 Å². The van der Waals surface area contributed by atoms with Gasteiger partial charge in [-0.25, -0.2) is 8.42 Å². The van der Waals surface area contributed by atoms with E-state index in [4.69, 9.17) is 11.6 Å². The molecule has 214 valence electrons. The molecule has 0 unspecified atom stereocenters. The molecule has 10 heteroatoms. The lowest BCUT2D eigenvalue weighted by molar-refractivity contribution is -0.140. The second-order valence-corrected chi connectivity index (χ2v) is 13.1. The summed E-state index contributed by atoms with van der Waals surface area (Å²) in [5.41, 5.74) is 2.64. The van der Waals surface area contributed by atoms with Gasteiger partial charge in [-0.1, -0.05) is 83.0 Å². The Morgan fingerprint density at radius 2 is 1.68 bits per heavy atom. The quantitative estimate of drug-likeness (QED) is 0.272. The molecule has 0 bridgehead atoms. The average molecular weight is 649 g/mol. The number of hydrogen-bond acceptors (Lipinski definition) is 4. The van der Waals surface area contributed by atoms with Gasteiger partial charge in [0.15, 0.2) is 0 Å². The first-order valence-electron chi connectivity index (χ1n) is 13.0. The summed E-state index contributed by atoms with van der Waals surface area (Å²) in [6.07, 6.45) is 2.04. The van der Waals surface area contributed by atoms with Crippen LogP contribution in [0.15, 0.2) is 77.3 Å². The van der Waals surface area contributed by atoms with Gasteiger partial charge in [0.2, 0.25) is 21.8 Å². The van der Waals surface area contributed by atoms with Gasteiger partial charge in [-0.3, -0.25) is 13.9 Å². The Balaban J connectivity index is 2.09. The number of anilines is 1. The first-order valence-corrected chi connectivity index (χ1v) is 16.0. The van der Waals surface area contributed by atoms with Crippen molar-refractivity contribution in [3.8, 4) is 0 Å². The molecule has 3 aromatic carbocycles. The molecule has 0 spiro atoms. The van der Waals surface area contributed by atoms with Crippen molar-refractivity contribution in [1.82, 2.24) is 10.2 Å². The number of hydrogen-bond donors (Lipinski definition) is 1. The molecule has 0 fully saturated rings. The van der Waals surface area contributed by atoms with Crippen molar-refractivity contribution >= 4 is 55.1 Å². The molecule has 1 N–H and O–H groups in total. The molecule has 0 aliphatic carbocycles. The Hall–Kier alpha value is -2.88. The molecule has 0 aromatic heterocycles. The zero-order valence-corrected chi connectivity index (χ0v) is 26.3. The molecule has 3 aromatic rings. The number of halogens is 2. The van der Waals surface area contributed by atoms with E-state index in [2.05, 4.69) is 21.2 Å². The van der Waals surface area contributed by atoms with Crippen LogP contribution < -0.4 is 9.62 Å². The number of carbonyl (C=O) groups is 2. The monoisotopic (exact) mass is 647 g/mol. The number of rotatable bonds is 12. The summed E-state index contributed by atoms with van der Waals surface area (Å²) in [6, 6.07) is 20.8. The van der Waals surface area contributed by atoms with Gasteiger partial charge in [0, 0.05) is 28.5 Å². The fraction of sp³-hybridized carbons (Fsp3) is 0.333. The SMILES string of the molecule is CC[C@H](C)NC(=O)[C@@H](Cc1ccccc1)N(Cc1cccc(Br)c1)C(=O)CN(c1cc(Cl)ccc1C)S(C)(=O)=O. The normalized spacial score (nSPS) is 12.8. The summed E-state index contributed by atoms with van der Waals surface area (Å²) in [7, 11) is -3.87. The van der Waals surface area contributed by atoms with Gasteiger partial charge in [-0.05, 0) is 61.2 Å². The third-order valence-electron chi connectivity index (χ3n) is 6.63. The van der Waals surface area contributed by atoms with Crippen molar-refractivity contribution in [3.05, 3.63) is 99.0 Å². The maximum absolute atomic E-state index is 14.1. The van der Waals surface area contributed by atoms with E-state index in [0.717, 1.165) is 32.6 Å². The number of aryl methyl sites for hydroxylation is 1. The largest absolute Gasteiger partial charge is 0.352 e. The Bertz CT molecular complexity index is 1440. The summed E-state index contributed by atoms with van der Waals surface area (Å²) in [6.45, 7) is 5.25. The van der Waals surface area contributed by atoms with Gasteiger partial charge in [-0.2, -0.15) is 0 Å². The van der Waals surface area contributed by atoms with Gasteiger partial charge in [0.1, 0.15) is 12.6 Å². The lowest BCUT2D eigenvalue weighted by atomic mass is 10.0. The Morgan fingerprint density at radius 3 is 2.30 bits per heavy atom. The van der Waals surface area contributed by atoms with Crippen molar-refractivity contribution in [2.24, 2.45) is 0 Å². The van der Waals surface area contributed by atoms with E-state index in [9.17, 15) is 18.0 Å². The molecule has 40 heavy (non-hydrogen) atoms. The third-order valence-corrected chi connectivity index (χ3v) is 8.49. The first kappa shape index (κ1) is 31.6. The molecule has 0 heterocycles.